The summed E-state index contributed by atoms with van der Waals surface area (Å²) >= 11 is 6.09. The lowest BCUT2D eigenvalue weighted by atomic mass is 10.1. The zero-order chi connectivity index (χ0) is 13.8. The predicted molar refractivity (Wildman–Crippen MR) is 76.0 cm³/mol. The Morgan fingerprint density at radius 1 is 1.32 bits per heavy atom. The van der Waals surface area contributed by atoms with Crippen LogP contribution in [0.15, 0.2) is 42.6 Å². The lowest BCUT2D eigenvalue weighted by Crippen LogP contribution is -2.27. The summed E-state index contributed by atoms with van der Waals surface area (Å²) in [5.74, 6) is -0.257. The Morgan fingerprint density at radius 3 is 2.68 bits per heavy atom. The molecule has 5 heteroatoms. The minimum absolute atomic E-state index is 0.194. The third-order valence-electron chi connectivity index (χ3n) is 2.74. The van der Waals surface area contributed by atoms with Crippen molar-refractivity contribution in [2.24, 2.45) is 0 Å². The molecular weight excluding hydrogens is 262 g/mol. The van der Waals surface area contributed by atoms with Crippen LogP contribution in [0.2, 0.25) is 5.02 Å². The molecule has 0 unspecified atom stereocenters. The summed E-state index contributed by atoms with van der Waals surface area (Å²) in [4.78, 5) is 16.0. The molecule has 1 aromatic carbocycles. The second-order valence-corrected chi connectivity index (χ2v) is 4.60. The number of anilines is 1. The number of hydrogen-bond donors (Lipinski definition) is 2. The number of nitrogens with one attached hydrogen (secondary N) is 1. The van der Waals surface area contributed by atoms with Crippen LogP contribution in [-0.2, 0) is 0 Å². The number of benzene rings is 1. The number of pyridine rings is 1. The number of amides is 1. The Bertz CT molecular complexity index is 583. The molecule has 98 valence electrons. The van der Waals surface area contributed by atoms with Gasteiger partial charge in [0.1, 0.15) is 5.69 Å². The van der Waals surface area contributed by atoms with Gasteiger partial charge in [0.15, 0.2) is 0 Å². The SMILES string of the molecule is C[C@@H](NC(=O)c1ccc(N)cn1)c1ccccc1Cl. The fraction of sp³-hybridized carbons (Fsp3) is 0.143. The van der Waals surface area contributed by atoms with Crippen molar-refractivity contribution in [3.05, 3.63) is 58.9 Å². The van der Waals surface area contributed by atoms with Crippen LogP contribution in [0, 0.1) is 0 Å². The highest BCUT2D eigenvalue weighted by atomic mass is 35.5. The van der Waals surface area contributed by atoms with Crippen LogP contribution in [0.3, 0.4) is 0 Å². The second-order valence-electron chi connectivity index (χ2n) is 4.19. The predicted octanol–water partition coefficient (Wildman–Crippen LogP) is 2.81. The molecule has 0 aliphatic heterocycles. The molecule has 4 nitrogen and oxygen atoms in total. The molecule has 3 N–H and O–H groups in total. The highest BCUT2D eigenvalue weighted by Gasteiger charge is 2.14. The van der Waals surface area contributed by atoms with Crippen LogP contribution < -0.4 is 11.1 Å². The first kappa shape index (κ1) is 13.4. The molecule has 1 aromatic heterocycles. The van der Waals surface area contributed by atoms with Gasteiger partial charge in [0.2, 0.25) is 0 Å². The number of aromatic nitrogens is 1. The van der Waals surface area contributed by atoms with E-state index in [1.165, 1.54) is 6.20 Å². The van der Waals surface area contributed by atoms with Crippen molar-refractivity contribution in [3.8, 4) is 0 Å². The molecule has 2 rings (SSSR count). The quantitative estimate of drug-likeness (QED) is 0.905. The first-order valence-corrected chi connectivity index (χ1v) is 6.22. The van der Waals surface area contributed by atoms with Gasteiger partial charge in [0.25, 0.3) is 5.91 Å². The van der Waals surface area contributed by atoms with Gasteiger partial charge in [0.05, 0.1) is 17.9 Å². The van der Waals surface area contributed by atoms with Gasteiger partial charge in [-0.3, -0.25) is 4.79 Å². The summed E-state index contributed by atoms with van der Waals surface area (Å²) in [5.41, 5.74) is 7.25. The number of rotatable bonds is 3. The molecule has 19 heavy (non-hydrogen) atoms. The van der Waals surface area contributed by atoms with Crippen LogP contribution in [-0.4, -0.2) is 10.9 Å². The number of carbonyl (C=O) groups excluding carboxylic acids is 1. The number of hydrogen-bond acceptors (Lipinski definition) is 3. The third kappa shape index (κ3) is 3.23. The minimum atomic E-state index is -0.257. The first-order valence-electron chi connectivity index (χ1n) is 5.84. The molecule has 0 saturated heterocycles. The fourth-order valence-corrected chi connectivity index (χ4v) is 2.01. The van der Waals surface area contributed by atoms with E-state index in [-0.39, 0.29) is 11.9 Å². The molecule has 1 atom stereocenters. The summed E-state index contributed by atoms with van der Waals surface area (Å²) in [5, 5.41) is 3.47. The maximum Gasteiger partial charge on any atom is 0.270 e. The normalized spacial score (nSPS) is 11.9. The first-order chi connectivity index (χ1) is 9.08. The molecule has 0 spiro atoms. The van der Waals surface area contributed by atoms with Crippen molar-refractivity contribution < 1.29 is 4.79 Å². The van der Waals surface area contributed by atoms with Crippen molar-refractivity contribution >= 4 is 23.2 Å². The summed E-state index contributed by atoms with van der Waals surface area (Å²) in [6.45, 7) is 1.87. The molecule has 0 saturated carbocycles. The molecule has 0 radical (unpaired) electrons. The molecule has 0 fully saturated rings. The topological polar surface area (TPSA) is 68.0 Å². The summed E-state index contributed by atoms with van der Waals surface area (Å²) < 4.78 is 0. The molecule has 2 aromatic rings. The van der Waals surface area contributed by atoms with Crippen LogP contribution >= 0.6 is 11.6 Å². The number of nitrogens with zero attached hydrogens (tertiary/aromatic N) is 1. The van der Waals surface area contributed by atoms with E-state index in [4.69, 9.17) is 17.3 Å². The molecular formula is C14H14ClN3O. The van der Waals surface area contributed by atoms with E-state index in [1.54, 1.807) is 18.2 Å². The van der Waals surface area contributed by atoms with Gasteiger partial charge in [-0.15, -0.1) is 0 Å². The Hall–Kier alpha value is -2.07. The monoisotopic (exact) mass is 275 g/mol. The Labute approximate surface area is 116 Å². The van der Waals surface area contributed by atoms with Gasteiger partial charge in [-0.05, 0) is 30.7 Å². The lowest BCUT2D eigenvalue weighted by molar-refractivity contribution is 0.0935. The largest absolute Gasteiger partial charge is 0.397 e. The fourth-order valence-electron chi connectivity index (χ4n) is 1.71. The molecule has 0 aliphatic rings. The standard InChI is InChI=1S/C14H14ClN3O/c1-9(11-4-2-3-5-12(11)15)18-14(19)13-7-6-10(16)8-17-13/h2-9H,16H2,1H3,(H,18,19)/t9-/m1/s1. The van der Waals surface area contributed by atoms with Gasteiger partial charge in [0, 0.05) is 5.02 Å². The van der Waals surface area contributed by atoms with Gasteiger partial charge in [-0.25, -0.2) is 4.98 Å². The third-order valence-corrected chi connectivity index (χ3v) is 3.08. The highest BCUT2D eigenvalue weighted by molar-refractivity contribution is 6.31. The van der Waals surface area contributed by atoms with Crippen molar-refractivity contribution in [2.75, 3.05) is 5.73 Å². The van der Waals surface area contributed by atoms with Crippen molar-refractivity contribution in [2.45, 2.75) is 13.0 Å². The van der Waals surface area contributed by atoms with E-state index >= 15 is 0 Å². The van der Waals surface area contributed by atoms with Crippen molar-refractivity contribution in [1.29, 1.82) is 0 Å². The molecule has 0 bridgehead atoms. The van der Waals surface area contributed by atoms with Crippen molar-refractivity contribution in [3.63, 3.8) is 0 Å². The number of nitrogens with two attached hydrogens (primary N) is 1. The van der Waals surface area contributed by atoms with Gasteiger partial charge in [-0.2, -0.15) is 0 Å². The van der Waals surface area contributed by atoms with Crippen LogP contribution in [0.25, 0.3) is 0 Å². The smallest absolute Gasteiger partial charge is 0.270 e. The average Bonchev–Trinajstić information content (AvgIpc) is 2.39. The zero-order valence-electron chi connectivity index (χ0n) is 10.4. The van der Waals surface area contributed by atoms with Crippen LogP contribution in [0.1, 0.15) is 29.0 Å². The van der Waals surface area contributed by atoms with Crippen molar-refractivity contribution in [1.82, 2.24) is 10.3 Å². The van der Waals surface area contributed by atoms with E-state index in [0.29, 0.717) is 16.4 Å². The van der Waals surface area contributed by atoms with Gasteiger partial charge < -0.3 is 11.1 Å². The van der Waals surface area contributed by atoms with E-state index < -0.39 is 0 Å². The van der Waals surface area contributed by atoms with E-state index in [0.717, 1.165) is 5.56 Å². The maximum absolute atomic E-state index is 12.0. The molecule has 1 amide bonds. The summed E-state index contributed by atoms with van der Waals surface area (Å²) in [7, 11) is 0. The summed E-state index contributed by atoms with van der Waals surface area (Å²) in [6, 6.07) is 10.4. The Kier molecular flexibility index (Phi) is 4.02. The van der Waals surface area contributed by atoms with Gasteiger partial charge >= 0.3 is 0 Å². The van der Waals surface area contributed by atoms with E-state index in [2.05, 4.69) is 10.3 Å². The van der Waals surface area contributed by atoms with E-state index in [9.17, 15) is 4.79 Å². The second kappa shape index (κ2) is 5.71. The molecule has 0 aliphatic carbocycles. The number of nitrogen functional groups attached to an aromatic ring is 1. The number of carbonyl (C=O) groups is 1. The summed E-state index contributed by atoms with van der Waals surface area (Å²) in [6.07, 6.45) is 1.45. The Morgan fingerprint density at radius 2 is 2.05 bits per heavy atom. The Balaban J connectivity index is 2.11. The average molecular weight is 276 g/mol. The van der Waals surface area contributed by atoms with E-state index in [1.807, 2.05) is 25.1 Å². The molecule has 1 heterocycles. The highest BCUT2D eigenvalue weighted by Crippen LogP contribution is 2.22. The van der Waals surface area contributed by atoms with Gasteiger partial charge in [-0.1, -0.05) is 29.8 Å². The van der Waals surface area contributed by atoms with Crippen LogP contribution in [0.4, 0.5) is 5.69 Å². The zero-order valence-corrected chi connectivity index (χ0v) is 11.2. The maximum atomic E-state index is 12.0. The lowest BCUT2D eigenvalue weighted by Gasteiger charge is -2.15. The van der Waals surface area contributed by atoms with Crippen LogP contribution in [0.5, 0.6) is 0 Å². The number of halogens is 1. The minimum Gasteiger partial charge on any atom is -0.397 e.